The third kappa shape index (κ3) is 3.57. The Morgan fingerprint density at radius 2 is 2.00 bits per heavy atom. The number of aryl methyl sites for hydroxylation is 1. The van der Waals surface area contributed by atoms with Crippen molar-refractivity contribution in [3.05, 3.63) is 45.1 Å². The standard InChI is InChI=1S/C22H29N5O3/c1-14-19(25-30-24-14)10-23-21(28)18-7-8-20-16-9-15(12-27(20)22(18)29)11-26(13-16)17-5-3-2-4-6-17/h7-8,15-17H,2-6,9-13H2,1H3,(H,23,28)/t15-,16+/m0/s1. The van der Waals surface area contributed by atoms with Crippen LogP contribution < -0.4 is 10.9 Å². The molecule has 2 aromatic heterocycles. The Morgan fingerprint density at radius 1 is 1.17 bits per heavy atom. The molecule has 8 heteroatoms. The van der Waals surface area contributed by atoms with Crippen molar-refractivity contribution in [2.24, 2.45) is 5.92 Å². The van der Waals surface area contributed by atoms with Gasteiger partial charge in [0, 0.05) is 37.3 Å². The highest BCUT2D eigenvalue weighted by Crippen LogP contribution is 2.37. The van der Waals surface area contributed by atoms with Crippen LogP contribution in [0.4, 0.5) is 0 Å². The Labute approximate surface area is 175 Å². The average Bonchev–Trinajstić information content (AvgIpc) is 3.18. The molecule has 0 unspecified atom stereocenters. The van der Waals surface area contributed by atoms with Crippen LogP contribution in [0.1, 0.15) is 71.9 Å². The second kappa shape index (κ2) is 7.98. The number of pyridine rings is 1. The fourth-order valence-corrected chi connectivity index (χ4v) is 5.57. The van der Waals surface area contributed by atoms with Crippen LogP contribution in [0, 0.1) is 12.8 Å². The van der Waals surface area contributed by atoms with E-state index < -0.39 is 0 Å². The Balaban J connectivity index is 1.33. The zero-order valence-electron chi connectivity index (χ0n) is 17.5. The molecule has 3 aliphatic rings. The van der Waals surface area contributed by atoms with Gasteiger partial charge in [0.05, 0.1) is 6.54 Å². The van der Waals surface area contributed by atoms with E-state index in [0.29, 0.717) is 35.8 Å². The minimum absolute atomic E-state index is 0.180. The van der Waals surface area contributed by atoms with E-state index in [1.54, 1.807) is 13.0 Å². The molecule has 2 aliphatic heterocycles. The van der Waals surface area contributed by atoms with Gasteiger partial charge in [0.2, 0.25) is 0 Å². The lowest BCUT2D eigenvalue weighted by Crippen LogP contribution is -2.51. The first-order chi connectivity index (χ1) is 14.6. The van der Waals surface area contributed by atoms with Crippen molar-refractivity contribution in [3.63, 3.8) is 0 Å². The van der Waals surface area contributed by atoms with Crippen molar-refractivity contribution >= 4 is 5.91 Å². The van der Waals surface area contributed by atoms with E-state index in [0.717, 1.165) is 25.2 Å². The van der Waals surface area contributed by atoms with E-state index in [1.807, 2.05) is 10.6 Å². The summed E-state index contributed by atoms with van der Waals surface area (Å²) < 4.78 is 6.51. The molecule has 1 amide bonds. The molecule has 1 N–H and O–H groups in total. The van der Waals surface area contributed by atoms with E-state index in [2.05, 4.69) is 25.2 Å². The summed E-state index contributed by atoms with van der Waals surface area (Å²) in [6.07, 6.45) is 7.82. The van der Waals surface area contributed by atoms with Crippen LogP contribution in [-0.4, -0.2) is 44.8 Å². The van der Waals surface area contributed by atoms with Crippen molar-refractivity contribution in [2.45, 2.75) is 70.5 Å². The molecule has 2 bridgehead atoms. The molecule has 1 saturated heterocycles. The van der Waals surface area contributed by atoms with Gasteiger partial charge in [-0.05, 0) is 44.2 Å². The second-order valence-corrected chi connectivity index (χ2v) is 9.11. The Kier molecular flexibility index (Phi) is 5.18. The van der Waals surface area contributed by atoms with Crippen LogP contribution in [0.15, 0.2) is 21.6 Å². The van der Waals surface area contributed by atoms with Crippen LogP contribution in [0.2, 0.25) is 0 Å². The van der Waals surface area contributed by atoms with Gasteiger partial charge in [0.1, 0.15) is 17.0 Å². The highest BCUT2D eigenvalue weighted by molar-refractivity contribution is 5.93. The SMILES string of the molecule is Cc1nonc1CNC(=O)c1ccc2n(c1=O)C[C@H]1C[C@@H]2CN(C2CCCCC2)C1. The van der Waals surface area contributed by atoms with Gasteiger partial charge in [-0.15, -0.1) is 0 Å². The molecule has 0 radical (unpaired) electrons. The minimum Gasteiger partial charge on any atom is -0.346 e. The molecule has 160 valence electrons. The van der Waals surface area contributed by atoms with Gasteiger partial charge in [-0.2, -0.15) is 0 Å². The third-order valence-corrected chi connectivity index (χ3v) is 7.13. The normalized spacial score (nSPS) is 24.4. The first-order valence-corrected chi connectivity index (χ1v) is 11.1. The molecule has 4 heterocycles. The molecule has 1 aliphatic carbocycles. The van der Waals surface area contributed by atoms with Gasteiger partial charge in [0.15, 0.2) is 0 Å². The zero-order chi connectivity index (χ0) is 20.7. The van der Waals surface area contributed by atoms with E-state index in [4.69, 9.17) is 0 Å². The predicted octanol–water partition coefficient (Wildman–Crippen LogP) is 2.22. The van der Waals surface area contributed by atoms with Crippen LogP contribution in [-0.2, 0) is 13.1 Å². The topological polar surface area (TPSA) is 93.3 Å². The van der Waals surface area contributed by atoms with E-state index in [9.17, 15) is 9.59 Å². The van der Waals surface area contributed by atoms with Gasteiger partial charge < -0.3 is 9.88 Å². The fraction of sp³-hybridized carbons (Fsp3) is 0.636. The van der Waals surface area contributed by atoms with Crippen LogP contribution in [0.25, 0.3) is 0 Å². The summed E-state index contributed by atoms with van der Waals surface area (Å²) in [5.41, 5.74) is 2.30. The highest BCUT2D eigenvalue weighted by Gasteiger charge is 2.37. The van der Waals surface area contributed by atoms with Crippen molar-refractivity contribution < 1.29 is 9.42 Å². The van der Waals surface area contributed by atoms with Gasteiger partial charge in [-0.25, -0.2) is 4.63 Å². The average molecular weight is 412 g/mol. The Bertz CT molecular complexity index is 991. The molecule has 2 fully saturated rings. The van der Waals surface area contributed by atoms with Gasteiger partial charge in [0.25, 0.3) is 11.5 Å². The lowest BCUT2D eigenvalue weighted by molar-refractivity contribution is 0.0646. The summed E-state index contributed by atoms with van der Waals surface area (Å²) >= 11 is 0. The van der Waals surface area contributed by atoms with Crippen LogP contribution in [0.3, 0.4) is 0 Å². The molecular weight excluding hydrogens is 382 g/mol. The summed E-state index contributed by atoms with van der Waals surface area (Å²) in [6, 6.07) is 4.39. The highest BCUT2D eigenvalue weighted by atomic mass is 16.6. The second-order valence-electron chi connectivity index (χ2n) is 9.11. The molecule has 5 rings (SSSR count). The summed E-state index contributed by atoms with van der Waals surface area (Å²) in [4.78, 5) is 28.5. The number of amides is 1. The largest absolute Gasteiger partial charge is 0.346 e. The van der Waals surface area contributed by atoms with Gasteiger partial charge in [-0.1, -0.05) is 29.6 Å². The lowest BCUT2D eigenvalue weighted by Gasteiger charge is -2.46. The molecule has 2 atom stereocenters. The molecule has 0 spiro atoms. The number of nitrogens with zero attached hydrogens (tertiary/aromatic N) is 4. The summed E-state index contributed by atoms with van der Waals surface area (Å²) in [7, 11) is 0. The number of nitrogens with one attached hydrogen (secondary N) is 1. The number of piperidine rings is 1. The van der Waals surface area contributed by atoms with E-state index in [-0.39, 0.29) is 23.6 Å². The van der Waals surface area contributed by atoms with Crippen molar-refractivity contribution in [2.75, 3.05) is 13.1 Å². The number of carbonyl (C=O) groups excluding carboxylic acids is 1. The van der Waals surface area contributed by atoms with Gasteiger partial charge in [-0.3, -0.25) is 14.5 Å². The monoisotopic (exact) mass is 411 g/mol. The molecule has 2 aromatic rings. The third-order valence-electron chi connectivity index (χ3n) is 7.13. The zero-order valence-corrected chi connectivity index (χ0v) is 17.5. The van der Waals surface area contributed by atoms with E-state index in [1.165, 1.54) is 32.1 Å². The first kappa shape index (κ1) is 19.5. The quantitative estimate of drug-likeness (QED) is 0.829. The Hall–Kier alpha value is -2.48. The molecular formula is C22H29N5O3. The predicted molar refractivity (Wildman–Crippen MR) is 110 cm³/mol. The van der Waals surface area contributed by atoms with Gasteiger partial charge >= 0.3 is 0 Å². The smallest absolute Gasteiger partial charge is 0.263 e. The number of rotatable bonds is 4. The number of hydrogen-bond donors (Lipinski definition) is 1. The summed E-state index contributed by atoms with van der Waals surface area (Å²) in [5.74, 6) is 0.489. The van der Waals surface area contributed by atoms with Crippen molar-refractivity contribution in [1.82, 2.24) is 25.1 Å². The Morgan fingerprint density at radius 3 is 2.77 bits per heavy atom. The maximum atomic E-state index is 13.1. The molecule has 1 saturated carbocycles. The number of likely N-dealkylation sites (tertiary alicyclic amines) is 1. The molecule has 8 nitrogen and oxygen atoms in total. The first-order valence-electron chi connectivity index (χ1n) is 11.1. The number of carbonyl (C=O) groups is 1. The number of fused-ring (bicyclic) bond motifs is 4. The van der Waals surface area contributed by atoms with Crippen molar-refractivity contribution in [3.8, 4) is 0 Å². The number of aromatic nitrogens is 3. The summed E-state index contributed by atoms with van der Waals surface area (Å²) in [5, 5.41) is 10.2. The van der Waals surface area contributed by atoms with Crippen molar-refractivity contribution in [1.29, 1.82) is 0 Å². The maximum absolute atomic E-state index is 13.1. The number of hydrogen-bond acceptors (Lipinski definition) is 6. The lowest BCUT2D eigenvalue weighted by atomic mass is 9.81. The maximum Gasteiger partial charge on any atom is 0.263 e. The van der Waals surface area contributed by atoms with E-state index >= 15 is 0 Å². The molecule has 30 heavy (non-hydrogen) atoms. The molecule has 0 aromatic carbocycles. The minimum atomic E-state index is -0.378. The fourth-order valence-electron chi connectivity index (χ4n) is 5.57. The van der Waals surface area contributed by atoms with Crippen LogP contribution in [0.5, 0.6) is 0 Å². The van der Waals surface area contributed by atoms with Crippen LogP contribution >= 0.6 is 0 Å². The summed E-state index contributed by atoms with van der Waals surface area (Å²) in [6.45, 7) is 4.77.